The average molecular weight is 308 g/mol. The van der Waals surface area contributed by atoms with E-state index in [1.807, 2.05) is 18.2 Å². The molecule has 1 heterocycles. The van der Waals surface area contributed by atoms with Gasteiger partial charge < -0.3 is 10.6 Å². The van der Waals surface area contributed by atoms with Crippen molar-refractivity contribution in [3.05, 3.63) is 29.3 Å². The first kappa shape index (κ1) is 16.2. The summed E-state index contributed by atoms with van der Waals surface area (Å²) in [5.74, 6) is 0.605. The summed E-state index contributed by atoms with van der Waals surface area (Å²) in [5, 5.41) is 0.734. The molecule has 21 heavy (non-hydrogen) atoms. The third kappa shape index (κ3) is 3.91. The molecule has 0 radical (unpaired) electrons. The Morgan fingerprint density at radius 2 is 2.05 bits per heavy atom. The molecule has 0 spiro atoms. The first-order chi connectivity index (χ1) is 10.1. The number of benzene rings is 1. The van der Waals surface area contributed by atoms with Crippen molar-refractivity contribution in [3.63, 3.8) is 0 Å². The van der Waals surface area contributed by atoms with Gasteiger partial charge in [0, 0.05) is 10.7 Å². The van der Waals surface area contributed by atoms with Crippen LogP contribution in [0.1, 0.15) is 52.4 Å². The van der Waals surface area contributed by atoms with E-state index in [0.29, 0.717) is 5.96 Å². The Bertz CT molecular complexity index is 501. The largest absolute Gasteiger partial charge is 0.369 e. The molecule has 0 aromatic heterocycles. The zero-order chi connectivity index (χ0) is 15.3. The molecular weight excluding hydrogens is 282 g/mol. The average Bonchev–Trinajstić information content (AvgIpc) is 2.74. The molecular formula is C17H26ClN3. The molecule has 1 atom stereocenters. The van der Waals surface area contributed by atoms with Crippen molar-refractivity contribution in [2.45, 2.75) is 57.9 Å². The molecule has 4 heteroatoms. The number of hydrogen-bond donors (Lipinski definition) is 1. The molecule has 0 bridgehead atoms. The lowest BCUT2D eigenvalue weighted by Gasteiger charge is -2.36. The van der Waals surface area contributed by atoms with E-state index in [1.54, 1.807) is 0 Å². The quantitative estimate of drug-likeness (QED) is 0.748. The maximum atomic E-state index is 6.12. The SMILES string of the molecule is CCCCCCCC1(C)CN=C(N)N1c1cccc(Cl)c1. The summed E-state index contributed by atoms with van der Waals surface area (Å²) in [4.78, 5) is 6.62. The van der Waals surface area contributed by atoms with Gasteiger partial charge in [0.25, 0.3) is 0 Å². The molecule has 1 aliphatic heterocycles. The lowest BCUT2D eigenvalue weighted by Crippen LogP contribution is -2.50. The summed E-state index contributed by atoms with van der Waals surface area (Å²) >= 11 is 6.12. The van der Waals surface area contributed by atoms with Crippen LogP contribution in [-0.2, 0) is 0 Å². The Labute approximate surface area is 133 Å². The maximum absolute atomic E-state index is 6.12. The molecule has 0 fully saturated rings. The van der Waals surface area contributed by atoms with Crippen LogP contribution in [0.15, 0.2) is 29.3 Å². The molecule has 1 aromatic carbocycles. The Morgan fingerprint density at radius 1 is 1.29 bits per heavy atom. The fourth-order valence-corrected chi connectivity index (χ4v) is 3.21. The molecule has 0 saturated heterocycles. The van der Waals surface area contributed by atoms with Crippen LogP contribution in [0.2, 0.25) is 5.02 Å². The predicted molar refractivity (Wildman–Crippen MR) is 92.2 cm³/mol. The second-order valence-corrected chi connectivity index (χ2v) is 6.59. The van der Waals surface area contributed by atoms with Gasteiger partial charge in [-0.05, 0) is 31.5 Å². The van der Waals surface area contributed by atoms with Gasteiger partial charge in [-0.15, -0.1) is 0 Å². The number of nitrogens with zero attached hydrogens (tertiary/aromatic N) is 2. The number of halogens is 1. The highest BCUT2D eigenvalue weighted by Gasteiger charge is 2.38. The molecule has 1 aliphatic rings. The van der Waals surface area contributed by atoms with E-state index in [2.05, 4.69) is 29.8 Å². The van der Waals surface area contributed by atoms with Crippen LogP contribution in [0.5, 0.6) is 0 Å². The van der Waals surface area contributed by atoms with Crippen LogP contribution >= 0.6 is 11.6 Å². The van der Waals surface area contributed by atoms with Crippen LogP contribution in [0.3, 0.4) is 0 Å². The summed E-state index contributed by atoms with van der Waals surface area (Å²) < 4.78 is 0. The lowest BCUT2D eigenvalue weighted by molar-refractivity contribution is 0.433. The topological polar surface area (TPSA) is 41.6 Å². The molecule has 116 valence electrons. The van der Waals surface area contributed by atoms with E-state index < -0.39 is 0 Å². The molecule has 2 rings (SSSR count). The maximum Gasteiger partial charge on any atom is 0.196 e. The Balaban J connectivity index is 2.04. The molecule has 2 N–H and O–H groups in total. The van der Waals surface area contributed by atoms with Crippen LogP contribution in [-0.4, -0.2) is 18.0 Å². The first-order valence-corrected chi connectivity index (χ1v) is 8.30. The standard InChI is InChI=1S/C17H26ClN3/c1-3-4-5-6-7-11-17(2)13-20-16(19)21(17)15-10-8-9-14(18)12-15/h8-10,12H,3-7,11,13H2,1-2H3,(H2,19,20). The number of rotatable bonds is 7. The van der Waals surface area contributed by atoms with E-state index in [4.69, 9.17) is 17.3 Å². The number of nitrogens with two attached hydrogens (primary N) is 1. The van der Waals surface area contributed by atoms with Gasteiger partial charge in [-0.25, -0.2) is 0 Å². The van der Waals surface area contributed by atoms with E-state index in [-0.39, 0.29) is 5.54 Å². The summed E-state index contributed by atoms with van der Waals surface area (Å²) in [7, 11) is 0. The fraction of sp³-hybridized carbons (Fsp3) is 0.588. The Kier molecular flexibility index (Phi) is 5.51. The molecule has 3 nitrogen and oxygen atoms in total. The van der Waals surface area contributed by atoms with Gasteiger partial charge in [0.15, 0.2) is 5.96 Å². The van der Waals surface area contributed by atoms with Crippen molar-refractivity contribution in [2.24, 2.45) is 10.7 Å². The normalized spacial score (nSPS) is 21.7. The number of hydrogen-bond acceptors (Lipinski definition) is 3. The molecule has 0 saturated carbocycles. The van der Waals surface area contributed by atoms with E-state index >= 15 is 0 Å². The Hall–Kier alpha value is -1.22. The molecule has 1 unspecified atom stereocenters. The number of anilines is 1. The minimum absolute atomic E-state index is 0.0268. The Morgan fingerprint density at radius 3 is 2.76 bits per heavy atom. The first-order valence-electron chi connectivity index (χ1n) is 7.92. The van der Waals surface area contributed by atoms with Gasteiger partial charge in [-0.1, -0.05) is 56.7 Å². The monoisotopic (exact) mass is 307 g/mol. The van der Waals surface area contributed by atoms with Crippen LogP contribution in [0, 0.1) is 0 Å². The second-order valence-electron chi connectivity index (χ2n) is 6.15. The van der Waals surface area contributed by atoms with Gasteiger partial charge >= 0.3 is 0 Å². The van der Waals surface area contributed by atoms with Crippen molar-refractivity contribution in [2.75, 3.05) is 11.4 Å². The highest BCUT2D eigenvalue weighted by Crippen LogP contribution is 2.33. The summed E-state index contributed by atoms with van der Waals surface area (Å²) in [6.45, 7) is 5.25. The third-order valence-electron chi connectivity index (χ3n) is 4.24. The van der Waals surface area contributed by atoms with Gasteiger partial charge in [0.1, 0.15) is 0 Å². The summed E-state index contributed by atoms with van der Waals surface area (Å²) in [6.07, 6.45) is 7.53. The summed E-state index contributed by atoms with van der Waals surface area (Å²) in [6, 6.07) is 7.86. The summed E-state index contributed by atoms with van der Waals surface area (Å²) in [5.41, 5.74) is 7.13. The third-order valence-corrected chi connectivity index (χ3v) is 4.47. The van der Waals surface area contributed by atoms with Crippen LogP contribution in [0.25, 0.3) is 0 Å². The van der Waals surface area contributed by atoms with Crippen LogP contribution < -0.4 is 10.6 Å². The van der Waals surface area contributed by atoms with Gasteiger partial charge in [-0.2, -0.15) is 0 Å². The highest BCUT2D eigenvalue weighted by atomic mass is 35.5. The number of guanidine groups is 1. The smallest absolute Gasteiger partial charge is 0.196 e. The van der Waals surface area contributed by atoms with E-state index in [1.165, 1.54) is 32.1 Å². The van der Waals surface area contributed by atoms with Crippen molar-refractivity contribution in [3.8, 4) is 0 Å². The number of unbranched alkanes of at least 4 members (excludes halogenated alkanes) is 4. The zero-order valence-electron chi connectivity index (χ0n) is 13.1. The van der Waals surface area contributed by atoms with Crippen molar-refractivity contribution < 1.29 is 0 Å². The van der Waals surface area contributed by atoms with Crippen LogP contribution in [0.4, 0.5) is 5.69 Å². The van der Waals surface area contributed by atoms with Gasteiger partial charge in [0.2, 0.25) is 0 Å². The minimum Gasteiger partial charge on any atom is -0.369 e. The zero-order valence-corrected chi connectivity index (χ0v) is 13.9. The van der Waals surface area contributed by atoms with Crippen molar-refractivity contribution in [1.82, 2.24) is 0 Å². The minimum atomic E-state index is -0.0268. The predicted octanol–water partition coefficient (Wildman–Crippen LogP) is 4.59. The fourth-order valence-electron chi connectivity index (χ4n) is 3.03. The molecule has 0 amide bonds. The second kappa shape index (κ2) is 7.17. The van der Waals surface area contributed by atoms with Gasteiger partial charge in [-0.3, -0.25) is 4.99 Å². The van der Waals surface area contributed by atoms with Crippen molar-refractivity contribution >= 4 is 23.2 Å². The number of aliphatic imine (C=N–C) groups is 1. The van der Waals surface area contributed by atoms with E-state index in [9.17, 15) is 0 Å². The molecule has 1 aromatic rings. The highest BCUT2D eigenvalue weighted by molar-refractivity contribution is 6.31. The van der Waals surface area contributed by atoms with E-state index in [0.717, 1.165) is 23.7 Å². The van der Waals surface area contributed by atoms with Crippen molar-refractivity contribution in [1.29, 1.82) is 0 Å². The van der Waals surface area contributed by atoms with Gasteiger partial charge in [0.05, 0.1) is 12.1 Å². The lowest BCUT2D eigenvalue weighted by atomic mass is 9.92. The molecule has 0 aliphatic carbocycles.